The molecule has 1 saturated heterocycles. The zero-order valence-electron chi connectivity index (χ0n) is 18.9. The summed E-state index contributed by atoms with van der Waals surface area (Å²) in [6.45, 7) is 2.59. The topological polar surface area (TPSA) is 55.4 Å². The van der Waals surface area contributed by atoms with E-state index in [2.05, 4.69) is 24.4 Å². The zero-order chi connectivity index (χ0) is 21.0. The average Bonchev–Trinajstić information content (AvgIpc) is 3.16. The molecule has 1 rings (SSSR count). The maximum Gasteiger partial charge on any atom is 0.328 e. The lowest BCUT2D eigenvalue weighted by Gasteiger charge is -2.09. The van der Waals surface area contributed by atoms with Gasteiger partial charge in [0.15, 0.2) is 0 Å². The van der Waals surface area contributed by atoms with Gasteiger partial charge in [0.2, 0.25) is 5.91 Å². The standard InChI is InChI=1S/C25H45NO3/c1-2-3-4-5-6-7-8-9-10-11-12-13-14-15-16-17-18-19-22-29-25(28)23-20-21-24(27)26-23/h2-3,23H,4-22H2,1H3,(H,26,27)/b3-2+/t23-/m0/s1. The Morgan fingerprint density at radius 3 is 1.79 bits per heavy atom. The van der Waals surface area contributed by atoms with Crippen molar-refractivity contribution in [3.05, 3.63) is 12.2 Å². The van der Waals surface area contributed by atoms with Gasteiger partial charge < -0.3 is 10.1 Å². The molecular formula is C25H45NO3. The van der Waals surface area contributed by atoms with Crippen LogP contribution in [0.3, 0.4) is 0 Å². The van der Waals surface area contributed by atoms with Crippen LogP contribution in [0.1, 0.15) is 122 Å². The largest absolute Gasteiger partial charge is 0.464 e. The molecule has 0 aromatic rings. The summed E-state index contributed by atoms with van der Waals surface area (Å²) in [6.07, 6.45) is 26.6. The summed E-state index contributed by atoms with van der Waals surface area (Å²) >= 11 is 0. The minimum absolute atomic E-state index is 0.0434. The fraction of sp³-hybridized carbons (Fsp3) is 0.840. The Morgan fingerprint density at radius 2 is 1.34 bits per heavy atom. The molecule has 0 radical (unpaired) electrons. The third-order valence-corrected chi connectivity index (χ3v) is 5.77. The number of carbonyl (C=O) groups excluding carboxylic acids is 2. The van der Waals surface area contributed by atoms with E-state index in [1.807, 2.05) is 0 Å². The molecule has 1 fully saturated rings. The maximum atomic E-state index is 11.7. The lowest BCUT2D eigenvalue weighted by Crippen LogP contribution is -2.34. The van der Waals surface area contributed by atoms with Crippen molar-refractivity contribution >= 4 is 11.9 Å². The summed E-state index contributed by atoms with van der Waals surface area (Å²) in [5.41, 5.74) is 0. The van der Waals surface area contributed by atoms with E-state index in [1.54, 1.807) is 0 Å². The number of hydrogen-bond acceptors (Lipinski definition) is 3. The Morgan fingerprint density at radius 1 is 0.862 bits per heavy atom. The summed E-state index contributed by atoms with van der Waals surface area (Å²) in [6, 6.07) is -0.407. The van der Waals surface area contributed by atoms with Crippen LogP contribution < -0.4 is 5.32 Å². The minimum atomic E-state index is -0.407. The van der Waals surface area contributed by atoms with Crippen LogP contribution in [0.2, 0.25) is 0 Å². The molecule has 1 amide bonds. The second-order valence-electron chi connectivity index (χ2n) is 8.49. The quantitative estimate of drug-likeness (QED) is 0.149. The number of nitrogens with one attached hydrogen (secondary N) is 1. The smallest absolute Gasteiger partial charge is 0.328 e. The highest BCUT2D eigenvalue weighted by Crippen LogP contribution is 2.14. The summed E-state index contributed by atoms with van der Waals surface area (Å²) in [7, 11) is 0. The molecule has 1 aliphatic heterocycles. The molecule has 0 spiro atoms. The second-order valence-corrected chi connectivity index (χ2v) is 8.49. The van der Waals surface area contributed by atoms with Crippen LogP contribution >= 0.6 is 0 Å². The van der Waals surface area contributed by atoms with E-state index in [9.17, 15) is 9.59 Å². The highest BCUT2D eigenvalue weighted by Gasteiger charge is 2.28. The fourth-order valence-corrected chi connectivity index (χ4v) is 3.89. The first-order valence-electron chi connectivity index (χ1n) is 12.3. The normalized spacial score (nSPS) is 16.4. The molecule has 1 atom stereocenters. The molecule has 1 N–H and O–H groups in total. The van der Waals surface area contributed by atoms with E-state index in [1.165, 1.54) is 89.9 Å². The minimum Gasteiger partial charge on any atom is -0.464 e. The van der Waals surface area contributed by atoms with Gasteiger partial charge in [0.05, 0.1) is 6.61 Å². The molecule has 29 heavy (non-hydrogen) atoms. The molecule has 1 aliphatic rings. The molecule has 0 aromatic heterocycles. The number of hydrogen-bond donors (Lipinski definition) is 1. The molecular weight excluding hydrogens is 362 g/mol. The molecule has 4 nitrogen and oxygen atoms in total. The molecule has 0 aliphatic carbocycles. The van der Waals surface area contributed by atoms with Crippen molar-refractivity contribution in [2.45, 2.75) is 129 Å². The maximum absolute atomic E-state index is 11.7. The van der Waals surface area contributed by atoms with E-state index in [0.29, 0.717) is 19.4 Å². The number of unbranched alkanes of at least 4 members (excludes halogenated alkanes) is 15. The van der Waals surface area contributed by atoms with E-state index in [-0.39, 0.29) is 11.9 Å². The number of ether oxygens (including phenoxy) is 1. The fourth-order valence-electron chi connectivity index (χ4n) is 3.89. The van der Waals surface area contributed by atoms with Gasteiger partial charge in [-0.1, -0.05) is 95.6 Å². The van der Waals surface area contributed by atoms with Crippen LogP contribution in [0.25, 0.3) is 0 Å². The van der Waals surface area contributed by atoms with Crippen LogP contribution in [-0.4, -0.2) is 24.5 Å². The monoisotopic (exact) mass is 407 g/mol. The van der Waals surface area contributed by atoms with Crippen molar-refractivity contribution in [3.8, 4) is 0 Å². The van der Waals surface area contributed by atoms with Crippen molar-refractivity contribution in [1.82, 2.24) is 5.32 Å². The predicted molar refractivity (Wildman–Crippen MR) is 121 cm³/mol. The van der Waals surface area contributed by atoms with E-state index in [0.717, 1.165) is 12.8 Å². The van der Waals surface area contributed by atoms with Gasteiger partial charge in [-0.2, -0.15) is 0 Å². The SMILES string of the molecule is C/C=C/CCCCCCCCCCCCCCCCCOC(=O)[C@@H]1CCC(=O)N1. The Balaban J connectivity index is 1.71. The van der Waals surface area contributed by atoms with Gasteiger partial charge in [0.1, 0.15) is 6.04 Å². The number of allylic oxidation sites excluding steroid dienone is 2. The predicted octanol–water partition coefficient (Wildman–Crippen LogP) is 6.63. The second kappa shape index (κ2) is 18.7. The number of rotatable bonds is 19. The molecule has 0 aromatic carbocycles. The van der Waals surface area contributed by atoms with E-state index >= 15 is 0 Å². The van der Waals surface area contributed by atoms with Gasteiger partial charge >= 0.3 is 5.97 Å². The van der Waals surface area contributed by atoms with E-state index < -0.39 is 6.04 Å². The Hall–Kier alpha value is -1.32. The third kappa shape index (κ3) is 15.2. The van der Waals surface area contributed by atoms with Gasteiger partial charge in [0, 0.05) is 6.42 Å². The molecule has 0 saturated carbocycles. The van der Waals surface area contributed by atoms with Gasteiger partial charge in [0.25, 0.3) is 0 Å². The Labute approximate surface area is 179 Å². The number of esters is 1. The number of amides is 1. The van der Waals surface area contributed by atoms with Crippen LogP contribution in [0, 0.1) is 0 Å². The van der Waals surface area contributed by atoms with E-state index in [4.69, 9.17) is 4.74 Å². The summed E-state index contributed by atoms with van der Waals surface area (Å²) in [5.74, 6) is -0.307. The highest BCUT2D eigenvalue weighted by molar-refractivity contribution is 5.87. The zero-order valence-corrected chi connectivity index (χ0v) is 18.9. The first-order chi connectivity index (χ1) is 14.2. The van der Waals surface area contributed by atoms with Crippen molar-refractivity contribution in [2.75, 3.05) is 6.61 Å². The van der Waals surface area contributed by atoms with Crippen molar-refractivity contribution in [1.29, 1.82) is 0 Å². The summed E-state index contributed by atoms with van der Waals surface area (Å²) < 4.78 is 5.25. The molecule has 1 heterocycles. The average molecular weight is 408 g/mol. The molecule has 168 valence electrons. The van der Waals surface area contributed by atoms with Gasteiger partial charge in [-0.15, -0.1) is 0 Å². The van der Waals surface area contributed by atoms with Crippen LogP contribution in [-0.2, 0) is 14.3 Å². The summed E-state index contributed by atoms with van der Waals surface area (Å²) in [5, 5.41) is 2.65. The highest BCUT2D eigenvalue weighted by atomic mass is 16.5. The van der Waals surface area contributed by atoms with Crippen molar-refractivity contribution in [3.63, 3.8) is 0 Å². The first-order valence-corrected chi connectivity index (χ1v) is 12.3. The number of carbonyl (C=O) groups is 2. The van der Waals surface area contributed by atoms with Gasteiger partial charge in [-0.05, 0) is 32.6 Å². The summed E-state index contributed by atoms with van der Waals surface area (Å²) in [4.78, 5) is 22.8. The van der Waals surface area contributed by atoms with Crippen LogP contribution in [0.5, 0.6) is 0 Å². The molecule has 4 heteroatoms. The lowest BCUT2D eigenvalue weighted by atomic mass is 10.0. The molecule has 0 unspecified atom stereocenters. The van der Waals surface area contributed by atoms with Crippen LogP contribution in [0.4, 0.5) is 0 Å². The first kappa shape index (κ1) is 25.7. The molecule has 0 bridgehead atoms. The lowest BCUT2D eigenvalue weighted by molar-refractivity contribution is -0.146. The Kier molecular flexibility index (Phi) is 16.6. The Bertz CT molecular complexity index is 447. The van der Waals surface area contributed by atoms with Gasteiger partial charge in [-0.3, -0.25) is 4.79 Å². The van der Waals surface area contributed by atoms with Crippen molar-refractivity contribution < 1.29 is 14.3 Å². The third-order valence-electron chi connectivity index (χ3n) is 5.77. The van der Waals surface area contributed by atoms with Gasteiger partial charge in [-0.25, -0.2) is 4.79 Å². The van der Waals surface area contributed by atoms with Crippen LogP contribution in [0.15, 0.2) is 12.2 Å². The van der Waals surface area contributed by atoms with Crippen molar-refractivity contribution in [2.24, 2.45) is 0 Å².